The lowest BCUT2D eigenvalue weighted by Crippen LogP contribution is -2.44. The Bertz CT molecular complexity index is 606. The van der Waals surface area contributed by atoms with E-state index >= 15 is 0 Å². The SMILES string of the molecule is CN1CCC[C@@H](C2c3ccccc3[B]c3ccccc32)C1. The molecule has 1 saturated heterocycles. The first-order valence-corrected chi connectivity index (χ1v) is 8.04. The number of hydrogen-bond donors (Lipinski definition) is 0. The molecule has 0 N–H and O–H groups in total. The number of likely N-dealkylation sites (tertiary alicyclic amines) is 1. The molecule has 2 heteroatoms. The first kappa shape index (κ1) is 13.2. The Kier molecular flexibility index (Phi) is 3.35. The molecule has 2 heterocycles. The largest absolute Gasteiger partial charge is 0.306 e. The Labute approximate surface area is 128 Å². The molecule has 2 aromatic carbocycles. The third-order valence-electron chi connectivity index (χ3n) is 5.11. The normalized spacial score (nSPS) is 22.2. The Balaban J connectivity index is 1.81. The maximum atomic E-state index is 2.50. The lowest BCUT2D eigenvalue weighted by molar-refractivity contribution is 0.197. The van der Waals surface area contributed by atoms with E-state index in [1.165, 1.54) is 48.0 Å². The van der Waals surface area contributed by atoms with E-state index in [0.717, 1.165) is 5.92 Å². The summed E-state index contributed by atoms with van der Waals surface area (Å²) < 4.78 is 0. The van der Waals surface area contributed by atoms with Crippen molar-refractivity contribution in [2.45, 2.75) is 18.8 Å². The van der Waals surface area contributed by atoms with Gasteiger partial charge in [-0.25, -0.2) is 0 Å². The van der Waals surface area contributed by atoms with Gasteiger partial charge in [0, 0.05) is 12.5 Å². The summed E-state index contributed by atoms with van der Waals surface area (Å²) in [6.07, 6.45) is 2.67. The van der Waals surface area contributed by atoms with Crippen LogP contribution in [0.2, 0.25) is 0 Å². The third kappa shape index (κ3) is 2.32. The Morgan fingerprint density at radius 3 is 2.19 bits per heavy atom. The lowest BCUT2D eigenvalue weighted by atomic mass is 9.52. The number of rotatable bonds is 1. The topological polar surface area (TPSA) is 3.24 Å². The average Bonchev–Trinajstić information content (AvgIpc) is 2.52. The van der Waals surface area contributed by atoms with E-state index in [0.29, 0.717) is 5.92 Å². The van der Waals surface area contributed by atoms with E-state index in [1.54, 1.807) is 0 Å². The van der Waals surface area contributed by atoms with Gasteiger partial charge in [0.2, 0.25) is 0 Å². The zero-order chi connectivity index (χ0) is 14.2. The van der Waals surface area contributed by atoms with Gasteiger partial charge in [-0.05, 0) is 43.5 Å². The maximum absolute atomic E-state index is 2.50. The molecule has 0 unspecified atom stereocenters. The number of nitrogens with zero attached hydrogens (tertiary/aromatic N) is 1. The summed E-state index contributed by atoms with van der Waals surface area (Å²) in [5, 5.41) is 0. The van der Waals surface area contributed by atoms with Gasteiger partial charge in [0.1, 0.15) is 0 Å². The minimum Gasteiger partial charge on any atom is -0.306 e. The molecule has 1 atom stereocenters. The predicted octanol–water partition coefficient (Wildman–Crippen LogP) is 2.13. The van der Waals surface area contributed by atoms with Crippen LogP contribution in [0.3, 0.4) is 0 Å². The Hall–Kier alpha value is -1.54. The molecule has 2 aromatic rings. The van der Waals surface area contributed by atoms with Crippen molar-refractivity contribution in [1.29, 1.82) is 0 Å². The summed E-state index contributed by atoms with van der Waals surface area (Å²) in [4.78, 5) is 2.50. The second-order valence-corrected chi connectivity index (χ2v) is 6.54. The van der Waals surface area contributed by atoms with Crippen LogP contribution in [-0.2, 0) is 0 Å². The summed E-state index contributed by atoms with van der Waals surface area (Å²) in [5.74, 6) is 1.30. The van der Waals surface area contributed by atoms with E-state index < -0.39 is 0 Å². The van der Waals surface area contributed by atoms with Crippen LogP contribution < -0.4 is 10.9 Å². The average molecular weight is 274 g/mol. The van der Waals surface area contributed by atoms with E-state index in [-0.39, 0.29) is 0 Å². The molecular weight excluding hydrogens is 253 g/mol. The van der Waals surface area contributed by atoms with Gasteiger partial charge in [-0.3, -0.25) is 0 Å². The Morgan fingerprint density at radius 2 is 1.57 bits per heavy atom. The zero-order valence-electron chi connectivity index (χ0n) is 12.6. The van der Waals surface area contributed by atoms with E-state index in [1.807, 2.05) is 0 Å². The highest BCUT2D eigenvalue weighted by molar-refractivity contribution is 6.69. The van der Waals surface area contributed by atoms with Crippen LogP contribution in [0.1, 0.15) is 29.9 Å². The first-order chi connectivity index (χ1) is 10.3. The number of benzene rings is 2. The molecule has 1 fully saturated rings. The summed E-state index contributed by atoms with van der Waals surface area (Å²) in [6, 6.07) is 17.9. The molecule has 1 nitrogen and oxygen atoms in total. The van der Waals surface area contributed by atoms with Crippen LogP contribution in [-0.4, -0.2) is 32.3 Å². The van der Waals surface area contributed by atoms with Crippen LogP contribution >= 0.6 is 0 Å². The summed E-state index contributed by atoms with van der Waals surface area (Å²) in [7, 11) is 4.62. The molecule has 2 aliphatic rings. The highest BCUT2D eigenvalue weighted by Crippen LogP contribution is 2.36. The maximum Gasteiger partial charge on any atom is 0.192 e. The highest BCUT2D eigenvalue weighted by atomic mass is 15.1. The Morgan fingerprint density at radius 1 is 0.952 bits per heavy atom. The van der Waals surface area contributed by atoms with Crippen molar-refractivity contribution < 1.29 is 0 Å². The fraction of sp³-hybridized carbons (Fsp3) is 0.368. The number of hydrogen-bond acceptors (Lipinski definition) is 1. The van der Waals surface area contributed by atoms with Gasteiger partial charge in [-0.2, -0.15) is 0 Å². The van der Waals surface area contributed by atoms with Gasteiger partial charge in [0.25, 0.3) is 0 Å². The van der Waals surface area contributed by atoms with Crippen molar-refractivity contribution in [3.05, 3.63) is 59.7 Å². The number of piperidine rings is 1. The monoisotopic (exact) mass is 274 g/mol. The fourth-order valence-corrected chi connectivity index (χ4v) is 4.17. The van der Waals surface area contributed by atoms with Crippen molar-refractivity contribution >= 4 is 18.2 Å². The molecule has 0 amide bonds. The second kappa shape index (κ2) is 5.34. The van der Waals surface area contributed by atoms with E-state index in [4.69, 9.17) is 0 Å². The first-order valence-electron chi connectivity index (χ1n) is 8.04. The third-order valence-corrected chi connectivity index (χ3v) is 5.11. The van der Waals surface area contributed by atoms with Crippen molar-refractivity contribution in [2.24, 2.45) is 5.92 Å². The van der Waals surface area contributed by atoms with Gasteiger partial charge in [-0.15, -0.1) is 0 Å². The predicted molar refractivity (Wildman–Crippen MR) is 90.0 cm³/mol. The molecule has 1 radical (unpaired) electrons. The van der Waals surface area contributed by atoms with E-state index in [9.17, 15) is 0 Å². The zero-order valence-corrected chi connectivity index (χ0v) is 12.6. The van der Waals surface area contributed by atoms with E-state index in [2.05, 4.69) is 67.8 Å². The van der Waals surface area contributed by atoms with Crippen LogP contribution in [0.25, 0.3) is 0 Å². The molecular formula is C19H21BN. The molecule has 4 rings (SSSR count). The summed E-state index contributed by atoms with van der Waals surface area (Å²) >= 11 is 0. The minimum atomic E-state index is 0.560. The lowest BCUT2D eigenvalue weighted by Gasteiger charge is -2.39. The van der Waals surface area contributed by atoms with Crippen molar-refractivity contribution in [3.63, 3.8) is 0 Å². The van der Waals surface area contributed by atoms with Gasteiger partial charge in [-0.1, -0.05) is 59.5 Å². The molecule has 105 valence electrons. The van der Waals surface area contributed by atoms with Crippen molar-refractivity contribution in [2.75, 3.05) is 20.1 Å². The van der Waals surface area contributed by atoms with Gasteiger partial charge >= 0.3 is 0 Å². The van der Waals surface area contributed by atoms with Gasteiger partial charge < -0.3 is 4.90 Å². The van der Waals surface area contributed by atoms with Crippen LogP contribution in [0.15, 0.2) is 48.5 Å². The minimum absolute atomic E-state index is 0.560. The second-order valence-electron chi connectivity index (χ2n) is 6.54. The fourth-order valence-electron chi connectivity index (χ4n) is 4.17. The smallest absolute Gasteiger partial charge is 0.192 e. The quantitative estimate of drug-likeness (QED) is 0.720. The molecule has 0 bridgehead atoms. The highest BCUT2D eigenvalue weighted by Gasteiger charge is 2.33. The molecule has 21 heavy (non-hydrogen) atoms. The van der Waals surface area contributed by atoms with Crippen LogP contribution in [0.4, 0.5) is 0 Å². The molecule has 0 aliphatic carbocycles. The summed E-state index contributed by atoms with van der Waals surface area (Å²) in [5.41, 5.74) is 5.87. The molecule has 0 saturated carbocycles. The molecule has 0 aromatic heterocycles. The van der Waals surface area contributed by atoms with Crippen LogP contribution in [0.5, 0.6) is 0 Å². The number of fused-ring (bicyclic) bond motifs is 2. The van der Waals surface area contributed by atoms with Crippen LogP contribution in [0, 0.1) is 5.92 Å². The van der Waals surface area contributed by atoms with Crippen molar-refractivity contribution in [3.8, 4) is 0 Å². The molecule has 0 spiro atoms. The standard InChI is InChI=1S/C19H21BN/c1-21-12-6-7-14(13-21)19-15-8-2-4-10-17(15)20-18-11-5-3-9-16(18)19/h2-5,8-11,14,19H,6-7,12-13H2,1H3/t14-/m1/s1. The molecule has 2 aliphatic heterocycles. The van der Waals surface area contributed by atoms with Gasteiger partial charge in [0.05, 0.1) is 0 Å². The van der Waals surface area contributed by atoms with Crippen molar-refractivity contribution in [1.82, 2.24) is 4.90 Å². The van der Waals surface area contributed by atoms with Gasteiger partial charge in [0.15, 0.2) is 7.28 Å². The summed E-state index contributed by atoms with van der Waals surface area (Å²) in [6.45, 7) is 2.46.